The Hall–Kier alpha value is -2.93. The van der Waals surface area contributed by atoms with Crippen LogP contribution >= 0.6 is 36.0 Å². The van der Waals surface area contributed by atoms with E-state index in [1.54, 1.807) is 16.8 Å². The van der Waals surface area contributed by atoms with Crippen LogP contribution in [0.15, 0.2) is 59.5 Å². The summed E-state index contributed by atoms with van der Waals surface area (Å²) < 4.78 is 6.27. The molecule has 0 bridgehead atoms. The molecule has 2 N–H and O–H groups in total. The van der Waals surface area contributed by atoms with Crippen LogP contribution in [-0.2, 0) is 19.4 Å². The molecule has 2 aromatic carbocycles. The highest BCUT2D eigenvalue weighted by Gasteiger charge is 2.13. The number of anilines is 1. The van der Waals surface area contributed by atoms with Gasteiger partial charge >= 0.3 is 0 Å². The van der Waals surface area contributed by atoms with E-state index in [2.05, 4.69) is 62.4 Å². The molecule has 10 heteroatoms. The summed E-state index contributed by atoms with van der Waals surface area (Å²) in [5, 5.41) is 19.0. The highest BCUT2D eigenvalue weighted by molar-refractivity contribution is 7.74. The van der Waals surface area contributed by atoms with Crippen LogP contribution in [-0.4, -0.2) is 33.5 Å². The van der Waals surface area contributed by atoms with Gasteiger partial charge in [-0.25, -0.2) is 0 Å². The van der Waals surface area contributed by atoms with Gasteiger partial charge in [0, 0.05) is 18.8 Å². The van der Waals surface area contributed by atoms with Crippen molar-refractivity contribution in [2.45, 2.75) is 46.6 Å². The van der Waals surface area contributed by atoms with Crippen LogP contribution in [0.2, 0.25) is 5.02 Å². The van der Waals surface area contributed by atoms with Gasteiger partial charge in [0.2, 0.25) is 0 Å². The summed E-state index contributed by atoms with van der Waals surface area (Å²) >= 11 is 15.5. The quantitative estimate of drug-likeness (QED) is 0.0931. The van der Waals surface area contributed by atoms with E-state index in [9.17, 15) is 10.0 Å². The summed E-state index contributed by atoms with van der Waals surface area (Å²) in [7, 11) is 1.44. The lowest BCUT2D eigenvalue weighted by Crippen LogP contribution is -2.36. The van der Waals surface area contributed by atoms with E-state index >= 15 is 0 Å². The Balaban J connectivity index is 0.000000305. The zero-order valence-electron chi connectivity index (χ0n) is 23.3. The molecule has 0 saturated heterocycles. The van der Waals surface area contributed by atoms with E-state index in [-0.39, 0.29) is 5.56 Å². The van der Waals surface area contributed by atoms with Gasteiger partial charge in [-0.1, -0.05) is 55.3 Å². The lowest BCUT2D eigenvalue weighted by Gasteiger charge is -2.18. The molecule has 7 nitrogen and oxygen atoms in total. The Morgan fingerprint density at radius 3 is 2.55 bits per heavy atom. The largest absolute Gasteiger partial charge is 0.489 e. The van der Waals surface area contributed by atoms with Crippen molar-refractivity contribution in [3.05, 3.63) is 97.9 Å². The Bertz CT molecular complexity index is 1400. The first-order valence-electron chi connectivity index (χ1n) is 13.0. The van der Waals surface area contributed by atoms with Crippen molar-refractivity contribution < 1.29 is 14.1 Å². The van der Waals surface area contributed by atoms with Crippen molar-refractivity contribution in [1.82, 2.24) is 4.57 Å². The second kappa shape index (κ2) is 16.4. The number of aryl methyl sites for hydroxylation is 4. The van der Waals surface area contributed by atoms with Gasteiger partial charge in [-0.2, -0.15) is 15.9 Å². The van der Waals surface area contributed by atoms with Crippen LogP contribution in [0.5, 0.6) is 5.75 Å². The number of quaternary nitrogens is 1. The zero-order chi connectivity index (χ0) is 29.7. The number of nitriles is 1. The van der Waals surface area contributed by atoms with Gasteiger partial charge in [0.15, 0.2) is 5.75 Å². The number of rotatable bonds is 11. The minimum absolute atomic E-state index is 0.123. The number of hydrogen-bond acceptors (Lipinski definition) is 6. The summed E-state index contributed by atoms with van der Waals surface area (Å²) in [6.07, 6.45) is 8.53. The van der Waals surface area contributed by atoms with Gasteiger partial charge in [0.05, 0.1) is 22.2 Å². The number of nitrogens with one attached hydrogen (secondary N) is 1. The van der Waals surface area contributed by atoms with Crippen molar-refractivity contribution in [2.75, 3.05) is 25.0 Å². The first-order valence-corrected chi connectivity index (χ1v) is 14.3. The zero-order valence-corrected chi connectivity index (χ0v) is 25.7. The lowest BCUT2D eigenvalue weighted by atomic mass is 10.0. The van der Waals surface area contributed by atoms with E-state index in [1.165, 1.54) is 29.8 Å². The fourth-order valence-corrected chi connectivity index (χ4v) is 4.40. The monoisotopic (exact) mass is 603 g/mol. The molecule has 0 radical (unpaired) electrons. The van der Waals surface area contributed by atoms with Crippen LogP contribution in [0.3, 0.4) is 0 Å². The molecule has 1 heterocycles. The molecule has 0 aliphatic carbocycles. The lowest BCUT2D eigenvalue weighted by molar-refractivity contribution is -0.955. The van der Waals surface area contributed by atoms with Gasteiger partial charge in [-0.05, 0) is 71.3 Å². The summed E-state index contributed by atoms with van der Waals surface area (Å²) in [4.78, 5) is 12.2. The summed E-state index contributed by atoms with van der Waals surface area (Å²) in [6, 6.07) is 15.3. The average molecular weight is 605 g/mol. The van der Waals surface area contributed by atoms with Crippen LogP contribution in [0, 0.1) is 18.3 Å². The number of hydrogen-bond donors (Lipinski definition) is 3. The van der Waals surface area contributed by atoms with Crippen molar-refractivity contribution >= 4 is 47.8 Å². The number of alkyl halides is 1. The number of pyridine rings is 1. The van der Waals surface area contributed by atoms with Crippen LogP contribution in [0.4, 0.5) is 5.69 Å². The molecule has 0 spiro atoms. The number of ether oxygens (including phenoxy) is 1. The molecule has 3 aromatic rings. The predicted molar refractivity (Wildman–Crippen MR) is 167 cm³/mol. The third-order valence-electron chi connectivity index (χ3n) is 5.75. The molecule has 0 fully saturated rings. The van der Waals surface area contributed by atoms with Gasteiger partial charge in [-0.15, -0.1) is 11.6 Å². The molecule has 214 valence electrons. The molecule has 1 atom stereocenters. The molecule has 0 saturated carbocycles. The summed E-state index contributed by atoms with van der Waals surface area (Å²) in [6.45, 7) is 7.12. The fourth-order valence-electron chi connectivity index (χ4n) is 3.91. The maximum atomic E-state index is 12.2. The topological polar surface area (TPSA) is 87.3 Å². The third kappa shape index (κ3) is 10.9. The minimum atomic E-state index is -0.736. The van der Waals surface area contributed by atoms with Gasteiger partial charge in [0.25, 0.3) is 5.56 Å². The van der Waals surface area contributed by atoms with Crippen LogP contribution in [0.25, 0.3) is 6.08 Å². The Kier molecular flexibility index (Phi) is 13.6. The molecule has 0 aliphatic rings. The SMILES string of the molecule is C/C=C\c1cc(CCn2ccc(N[N+](C)(O)S)cc2=O)ccc1C.CCCc1cc(Cl)c(OCCCl)c(C#N)c1. The van der Waals surface area contributed by atoms with Crippen molar-refractivity contribution in [2.24, 2.45) is 0 Å². The number of aromatic nitrogens is 1. The molecular weight excluding hydrogens is 567 g/mol. The number of halogens is 2. The van der Waals surface area contributed by atoms with E-state index in [0.717, 1.165) is 24.8 Å². The maximum Gasteiger partial charge on any atom is 0.252 e. The van der Waals surface area contributed by atoms with Crippen LogP contribution < -0.4 is 15.7 Å². The standard InChI is InChI=1S/C18H23N3O2S.C12H13Cl2NO/c1-4-5-16-12-15(7-6-14(16)2)8-10-20-11-9-17(13-18(20)22)19-21(3,23)24;1-2-3-9-6-10(8-15)12(11(14)7-9)16-5-4-13/h4-7,9,11-13,23-24H,8,10H2,1-3H3;6-7H,2-5H2,1H3/p+1/b5-4-;. The molecule has 0 aliphatic heterocycles. The van der Waals surface area contributed by atoms with E-state index < -0.39 is 4.16 Å². The van der Waals surface area contributed by atoms with E-state index in [0.29, 0.717) is 41.1 Å². The van der Waals surface area contributed by atoms with Gasteiger partial charge in [-0.3, -0.25) is 4.79 Å². The molecule has 3 rings (SSSR count). The Morgan fingerprint density at radius 1 is 1.20 bits per heavy atom. The number of allylic oxidation sites excluding steroid dienone is 1. The first-order chi connectivity index (χ1) is 19.0. The van der Waals surface area contributed by atoms with Crippen molar-refractivity contribution in [1.29, 1.82) is 5.26 Å². The molecule has 1 unspecified atom stereocenters. The predicted octanol–water partition coefficient (Wildman–Crippen LogP) is 7.22. The number of thiol groups is 1. The number of hydroxylamine groups is 1. The number of benzene rings is 2. The smallest absolute Gasteiger partial charge is 0.252 e. The van der Waals surface area contributed by atoms with Crippen molar-refractivity contribution in [3.63, 3.8) is 0 Å². The average Bonchev–Trinajstić information content (AvgIpc) is 2.89. The minimum Gasteiger partial charge on any atom is -0.489 e. The normalized spacial score (nSPS) is 12.3. The highest BCUT2D eigenvalue weighted by Crippen LogP contribution is 2.30. The van der Waals surface area contributed by atoms with Crippen LogP contribution in [0.1, 0.15) is 48.1 Å². The molecular formula is C30H37Cl2N4O3S+. The second-order valence-corrected chi connectivity index (χ2v) is 10.8. The Morgan fingerprint density at radius 2 is 1.95 bits per heavy atom. The summed E-state index contributed by atoms with van der Waals surface area (Å²) in [5.74, 6) is 0.808. The summed E-state index contributed by atoms with van der Waals surface area (Å²) in [5.41, 5.74) is 8.25. The van der Waals surface area contributed by atoms with Crippen molar-refractivity contribution in [3.8, 4) is 11.8 Å². The van der Waals surface area contributed by atoms with Gasteiger partial charge < -0.3 is 9.30 Å². The van der Waals surface area contributed by atoms with Gasteiger partial charge in [0.1, 0.15) is 32.5 Å². The molecule has 0 amide bonds. The molecule has 1 aromatic heterocycles. The highest BCUT2D eigenvalue weighted by atomic mass is 35.5. The van der Waals surface area contributed by atoms with E-state index in [1.807, 2.05) is 25.1 Å². The fraction of sp³-hybridized carbons (Fsp3) is 0.333. The molecule has 40 heavy (non-hydrogen) atoms. The first kappa shape index (κ1) is 33.3. The number of nitrogens with zero attached hydrogens (tertiary/aromatic N) is 3. The van der Waals surface area contributed by atoms with E-state index in [4.69, 9.17) is 33.2 Å². The third-order valence-corrected chi connectivity index (χ3v) is 6.29. The maximum absolute atomic E-state index is 12.2. The second-order valence-electron chi connectivity index (χ2n) is 9.27. The Labute approximate surface area is 252 Å².